The lowest BCUT2D eigenvalue weighted by atomic mass is 10.2. The summed E-state index contributed by atoms with van der Waals surface area (Å²) in [4.78, 5) is 33.2. The van der Waals surface area contributed by atoms with Crippen molar-refractivity contribution in [2.24, 2.45) is 0 Å². The molecule has 0 radical (unpaired) electrons. The molecule has 0 aliphatic heterocycles. The summed E-state index contributed by atoms with van der Waals surface area (Å²) in [6.45, 7) is 3.42. The molecular formula is C20H18N4O2S2. The lowest BCUT2D eigenvalue weighted by molar-refractivity contribution is -0.114. The van der Waals surface area contributed by atoms with Gasteiger partial charge in [0.05, 0.1) is 11.4 Å². The molecular weight excluding hydrogens is 392 g/mol. The summed E-state index contributed by atoms with van der Waals surface area (Å²) in [6, 6.07) is 11.2. The molecule has 1 atom stereocenters. The van der Waals surface area contributed by atoms with Crippen molar-refractivity contribution in [3.8, 4) is 10.4 Å². The zero-order valence-electron chi connectivity index (χ0n) is 15.3. The number of carbonyl (C=O) groups is 1. The Morgan fingerprint density at radius 1 is 1.14 bits per heavy atom. The van der Waals surface area contributed by atoms with Crippen molar-refractivity contribution in [1.29, 1.82) is 0 Å². The van der Waals surface area contributed by atoms with E-state index in [1.54, 1.807) is 11.3 Å². The van der Waals surface area contributed by atoms with Gasteiger partial charge >= 0.3 is 0 Å². The fourth-order valence-corrected chi connectivity index (χ4v) is 4.72. The van der Waals surface area contributed by atoms with Gasteiger partial charge in [-0.3, -0.25) is 9.59 Å². The topological polar surface area (TPSA) is 86.9 Å². The molecule has 3 aromatic heterocycles. The number of H-pyrrole nitrogens is 1. The summed E-state index contributed by atoms with van der Waals surface area (Å²) < 4.78 is 0. The molecule has 3 heterocycles. The van der Waals surface area contributed by atoms with E-state index in [2.05, 4.69) is 20.6 Å². The molecule has 0 aliphatic carbocycles. The Bertz CT molecular complexity index is 1180. The van der Waals surface area contributed by atoms with Gasteiger partial charge in [0.25, 0.3) is 5.56 Å². The fourth-order valence-electron chi connectivity index (χ4n) is 2.96. The third kappa shape index (κ3) is 3.69. The van der Waals surface area contributed by atoms with Crippen LogP contribution >= 0.6 is 22.7 Å². The second-order valence-electron chi connectivity index (χ2n) is 6.38. The normalized spacial score (nSPS) is 12.1. The molecule has 0 bridgehead atoms. The minimum Gasteiger partial charge on any atom is -0.375 e. The van der Waals surface area contributed by atoms with Gasteiger partial charge in [-0.1, -0.05) is 6.07 Å². The van der Waals surface area contributed by atoms with Crippen LogP contribution in [-0.4, -0.2) is 15.9 Å². The standard InChI is InChI=1S/C20H18N4O2S2/c1-11(21-13-5-7-14(8-6-13)22-12(2)25)18-23-19(26)17-15(10-28-20(17)24-18)16-4-3-9-27-16/h3-11,21H,1-2H3,(H,22,25)(H,23,24,26)/t11-/m0/s1. The molecule has 4 rings (SSSR count). The van der Waals surface area contributed by atoms with Gasteiger partial charge in [-0.2, -0.15) is 0 Å². The molecule has 0 saturated heterocycles. The van der Waals surface area contributed by atoms with Crippen LogP contribution in [-0.2, 0) is 4.79 Å². The highest BCUT2D eigenvalue weighted by Gasteiger charge is 2.16. The van der Waals surface area contributed by atoms with Crippen molar-refractivity contribution < 1.29 is 4.79 Å². The monoisotopic (exact) mass is 410 g/mol. The zero-order valence-corrected chi connectivity index (χ0v) is 16.9. The van der Waals surface area contributed by atoms with Crippen molar-refractivity contribution in [3.63, 3.8) is 0 Å². The van der Waals surface area contributed by atoms with Crippen molar-refractivity contribution in [2.75, 3.05) is 10.6 Å². The van der Waals surface area contributed by atoms with Crippen LogP contribution in [0.2, 0.25) is 0 Å². The van der Waals surface area contributed by atoms with Crippen molar-refractivity contribution >= 4 is 50.2 Å². The van der Waals surface area contributed by atoms with Crippen LogP contribution in [0.1, 0.15) is 25.7 Å². The maximum absolute atomic E-state index is 12.7. The van der Waals surface area contributed by atoms with E-state index in [0.717, 1.165) is 26.6 Å². The van der Waals surface area contributed by atoms with E-state index >= 15 is 0 Å². The fraction of sp³-hybridized carbons (Fsp3) is 0.150. The molecule has 1 aromatic carbocycles. The van der Waals surface area contributed by atoms with Crippen LogP contribution in [0.15, 0.2) is 52.0 Å². The van der Waals surface area contributed by atoms with Crippen LogP contribution < -0.4 is 16.2 Å². The molecule has 0 spiro atoms. The molecule has 6 nitrogen and oxygen atoms in total. The van der Waals surface area contributed by atoms with E-state index in [0.29, 0.717) is 11.2 Å². The largest absolute Gasteiger partial charge is 0.375 e. The first kappa shape index (κ1) is 18.4. The molecule has 28 heavy (non-hydrogen) atoms. The summed E-state index contributed by atoms with van der Waals surface area (Å²) in [5, 5.41) is 10.7. The molecule has 1 amide bonds. The van der Waals surface area contributed by atoms with Crippen LogP contribution in [0.3, 0.4) is 0 Å². The van der Waals surface area contributed by atoms with E-state index in [-0.39, 0.29) is 17.5 Å². The van der Waals surface area contributed by atoms with Gasteiger partial charge in [0.1, 0.15) is 10.7 Å². The van der Waals surface area contributed by atoms with Gasteiger partial charge < -0.3 is 15.6 Å². The minimum atomic E-state index is -0.184. The summed E-state index contributed by atoms with van der Waals surface area (Å²) in [5.74, 6) is 0.477. The van der Waals surface area contributed by atoms with E-state index in [1.807, 2.05) is 54.1 Å². The van der Waals surface area contributed by atoms with Crippen LogP contribution in [0.4, 0.5) is 11.4 Å². The van der Waals surface area contributed by atoms with Crippen molar-refractivity contribution in [1.82, 2.24) is 9.97 Å². The molecule has 0 fully saturated rings. The highest BCUT2D eigenvalue weighted by molar-refractivity contribution is 7.18. The second kappa shape index (κ2) is 7.57. The van der Waals surface area contributed by atoms with E-state index in [9.17, 15) is 9.59 Å². The van der Waals surface area contributed by atoms with Gasteiger partial charge in [-0.25, -0.2) is 4.98 Å². The lowest BCUT2D eigenvalue weighted by Gasteiger charge is -2.15. The number of carbonyl (C=O) groups excluding carboxylic acids is 1. The average Bonchev–Trinajstić information content (AvgIpc) is 3.32. The summed E-state index contributed by atoms with van der Waals surface area (Å²) in [5.41, 5.74) is 2.41. The Morgan fingerprint density at radius 3 is 2.57 bits per heavy atom. The second-order valence-corrected chi connectivity index (χ2v) is 8.19. The van der Waals surface area contributed by atoms with Gasteiger partial charge in [-0.15, -0.1) is 22.7 Å². The van der Waals surface area contributed by atoms with Crippen LogP contribution in [0, 0.1) is 0 Å². The summed E-state index contributed by atoms with van der Waals surface area (Å²) >= 11 is 3.09. The molecule has 142 valence electrons. The number of aromatic nitrogens is 2. The molecule has 8 heteroatoms. The zero-order chi connectivity index (χ0) is 19.7. The van der Waals surface area contributed by atoms with E-state index < -0.39 is 0 Å². The highest BCUT2D eigenvalue weighted by atomic mass is 32.1. The molecule has 3 N–H and O–H groups in total. The molecule has 0 saturated carbocycles. The Hall–Kier alpha value is -2.97. The molecule has 4 aromatic rings. The number of hydrogen-bond donors (Lipinski definition) is 3. The number of aromatic amines is 1. The Morgan fingerprint density at radius 2 is 1.89 bits per heavy atom. The first-order chi connectivity index (χ1) is 13.5. The minimum absolute atomic E-state index is 0.109. The predicted octanol–water partition coefficient (Wildman–Crippen LogP) is 4.84. The van der Waals surface area contributed by atoms with Crippen molar-refractivity contribution in [2.45, 2.75) is 19.9 Å². The predicted molar refractivity (Wildman–Crippen MR) is 116 cm³/mol. The smallest absolute Gasteiger partial charge is 0.260 e. The lowest BCUT2D eigenvalue weighted by Crippen LogP contribution is -2.17. The quantitative estimate of drug-likeness (QED) is 0.439. The Labute approximate surface area is 169 Å². The van der Waals surface area contributed by atoms with Gasteiger partial charge in [0.15, 0.2) is 0 Å². The molecule has 0 unspecified atom stereocenters. The van der Waals surface area contributed by atoms with Crippen molar-refractivity contribution in [3.05, 3.63) is 63.3 Å². The Balaban J connectivity index is 1.59. The maximum atomic E-state index is 12.7. The summed E-state index contributed by atoms with van der Waals surface area (Å²) in [7, 11) is 0. The van der Waals surface area contributed by atoms with Crippen LogP contribution in [0.5, 0.6) is 0 Å². The SMILES string of the molecule is CC(=O)Nc1ccc(N[C@@H](C)c2nc3scc(-c4cccs4)c3c(=O)[nH]2)cc1. The van der Waals surface area contributed by atoms with E-state index in [1.165, 1.54) is 18.3 Å². The average molecular weight is 411 g/mol. The third-order valence-electron chi connectivity index (χ3n) is 4.25. The first-order valence-electron chi connectivity index (χ1n) is 8.71. The van der Waals surface area contributed by atoms with E-state index in [4.69, 9.17) is 0 Å². The Kier molecular flexibility index (Phi) is 4.97. The third-order valence-corrected chi connectivity index (χ3v) is 6.02. The number of anilines is 2. The van der Waals surface area contributed by atoms with Gasteiger partial charge in [-0.05, 0) is 42.6 Å². The number of thiophene rings is 2. The number of rotatable bonds is 5. The highest BCUT2D eigenvalue weighted by Crippen LogP contribution is 2.33. The number of hydrogen-bond acceptors (Lipinski definition) is 6. The number of amides is 1. The molecule has 0 aliphatic rings. The number of nitrogens with zero attached hydrogens (tertiary/aromatic N) is 1. The van der Waals surface area contributed by atoms with Gasteiger partial charge in [0, 0.05) is 34.1 Å². The first-order valence-corrected chi connectivity index (χ1v) is 10.5. The number of benzene rings is 1. The summed E-state index contributed by atoms with van der Waals surface area (Å²) in [6.07, 6.45) is 0. The number of nitrogens with one attached hydrogen (secondary N) is 3. The van der Waals surface area contributed by atoms with Crippen LogP contribution in [0.25, 0.3) is 20.7 Å². The maximum Gasteiger partial charge on any atom is 0.260 e. The number of fused-ring (bicyclic) bond motifs is 1. The van der Waals surface area contributed by atoms with Gasteiger partial charge in [0.2, 0.25) is 5.91 Å².